The Kier molecular flexibility index (Phi) is 5.63. The molecular formula is C10H16N4O3S. The summed E-state index contributed by atoms with van der Waals surface area (Å²) < 4.78 is 1.21. The number of aromatic nitrogens is 3. The van der Waals surface area contributed by atoms with E-state index in [2.05, 4.69) is 22.6 Å². The van der Waals surface area contributed by atoms with Gasteiger partial charge in [0.2, 0.25) is 5.91 Å². The second-order valence-electron chi connectivity index (χ2n) is 3.79. The van der Waals surface area contributed by atoms with Crippen molar-refractivity contribution in [2.45, 2.75) is 25.1 Å². The van der Waals surface area contributed by atoms with Crippen LogP contribution in [0, 0.1) is 0 Å². The fourth-order valence-electron chi connectivity index (χ4n) is 1.21. The van der Waals surface area contributed by atoms with Crippen molar-refractivity contribution < 1.29 is 14.7 Å². The number of carbonyl (C=O) groups excluding carboxylic acids is 1. The Morgan fingerprint density at radius 1 is 1.61 bits per heavy atom. The Bertz CT molecular complexity index is 421. The van der Waals surface area contributed by atoms with Gasteiger partial charge in [0.1, 0.15) is 6.54 Å². The second-order valence-corrected chi connectivity index (χ2v) is 5.07. The molecule has 0 aromatic carbocycles. The van der Waals surface area contributed by atoms with Crippen molar-refractivity contribution in [3.63, 3.8) is 0 Å². The molecule has 2 N–H and O–H groups in total. The fraction of sp³-hybridized carbons (Fsp3) is 0.600. The van der Waals surface area contributed by atoms with Crippen molar-refractivity contribution >= 4 is 23.6 Å². The summed E-state index contributed by atoms with van der Waals surface area (Å²) in [7, 11) is 0. The number of hydrogen-bond donors (Lipinski definition) is 2. The van der Waals surface area contributed by atoms with E-state index >= 15 is 0 Å². The van der Waals surface area contributed by atoms with Gasteiger partial charge in [0.05, 0.1) is 6.20 Å². The number of carboxylic acid groups (broad SMARTS) is 1. The van der Waals surface area contributed by atoms with Crippen LogP contribution < -0.4 is 5.32 Å². The Balaban J connectivity index is 2.33. The maximum absolute atomic E-state index is 11.5. The zero-order valence-electron chi connectivity index (χ0n) is 10.3. The van der Waals surface area contributed by atoms with E-state index in [0.29, 0.717) is 11.8 Å². The predicted molar refractivity (Wildman–Crippen MR) is 67.6 cm³/mol. The third-order valence-electron chi connectivity index (χ3n) is 2.34. The van der Waals surface area contributed by atoms with Gasteiger partial charge in [-0.3, -0.25) is 4.79 Å². The van der Waals surface area contributed by atoms with Gasteiger partial charge in [-0.25, -0.2) is 9.48 Å². The molecule has 0 radical (unpaired) electrons. The number of carboxylic acids is 1. The first-order chi connectivity index (χ1) is 8.52. The molecule has 1 aromatic heterocycles. The van der Waals surface area contributed by atoms with Crippen LogP contribution >= 0.6 is 11.8 Å². The van der Waals surface area contributed by atoms with Crippen LogP contribution in [0.4, 0.5) is 0 Å². The summed E-state index contributed by atoms with van der Waals surface area (Å²) in [5.41, 5.74) is -0.168. The summed E-state index contributed by atoms with van der Waals surface area (Å²) in [5.74, 6) is -1.36. The predicted octanol–water partition coefficient (Wildman–Crippen LogP) is 0.234. The normalized spacial score (nSPS) is 12.1. The molecule has 0 fully saturated rings. The first-order valence-electron chi connectivity index (χ1n) is 5.46. The van der Waals surface area contributed by atoms with Crippen LogP contribution in [0.2, 0.25) is 0 Å². The van der Waals surface area contributed by atoms with Gasteiger partial charge >= 0.3 is 5.97 Å². The molecule has 0 saturated carbocycles. The highest BCUT2D eigenvalue weighted by molar-refractivity contribution is 7.99. The smallest absolute Gasteiger partial charge is 0.358 e. The maximum Gasteiger partial charge on any atom is 0.358 e. The molecule has 0 aliphatic rings. The number of carbonyl (C=O) groups is 2. The van der Waals surface area contributed by atoms with Gasteiger partial charge in [0.25, 0.3) is 0 Å². The SMILES string of the molecule is CSC(C)CCNC(=O)Cn1cc(C(=O)O)nn1. The van der Waals surface area contributed by atoms with E-state index in [9.17, 15) is 9.59 Å². The molecule has 1 rings (SSSR count). The number of rotatable bonds is 7. The molecule has 0 spiro atoms. The zero-order chi connectivity index (χ0) is 13.5. The van der Waals surface area contributed by atoms with E-state index < -0.39 is 5.97 Å². The molecule has 7 nitrogen and oxygen atoms in total. The van der Waals surface area contributed by atoms with Gasteiger partial charge in [-0.05, 0) is 12.7 Å². The number of nitrogens with one attached hydrogen (secondary N) is 1. The quantitative estimate of drug-likeness (QED) is 0.737. The summed E-state index contributed by atoms with van der Waals surface area (Å²) in [4.78, 5) is 22.1. The van der Waals surface area contributed by atoms with E-state index in [4.69, 9.17) is 5.11 Å². The van der Waals surface area contributed by atoms with Crippen LogP contribution in [0.5, 0.6) is 0 Å². The van der Waals surface area contributed by atoms with Crippen molar-refractivity contribution in [3.05, 3.63) is 11.9 Å². The van der Waals surface area contributed by atoms with Gasteiger partial charge in [0, 0.05) is 11.8 Å². The van der Waals surface area contributed by atoms with Crippen molar-refractivity contribution in [2.24, 2.45) is 0 Å². The number of thioether (sulfide) groups is 1. The van der Waals surface area contributed by atoms with E-state index in [1.165, 1.54) is 10.9 Å². The van der Waals surface area contributed by atoms with Crippen LogP contribution in [-0.2, 0) is 11.3 Å². The molecule has 1 amide bonds. The Labute approximate surface area is 109 Å². The Hall–Kier alpha value is -1.57. The minimum Gasteiger partial charge on any atom is -0.476 e. The molecule has 0 saturated heterocycles. The molecule has 1 aromatic rings. The number of aromatic carboxylic acids is 1. The second kappa shape index (κ2) is 7.00. The van der Waals surface area contributed by atoms with Gasteiger partial charge in [-0.15, -0.1) is 5.10 Å². The van der Waals surface area contributed by atoms with Crippen LogP contribution in [0.15, 0.2) is 6.20 Å². The number of nitrogens with zero attached hydrogens (tertiary/aromatic N) is 3. The van der Waals surface area contributed by atoms with Crippen molar-refractivity contribution in [3.8, 4) is 0 Å². The lowest BCUT2D eigenvalue weighted by atomic mass is 10.3. The zero-order valence-corrected chi connectivity index (χ0v) is 11.1. The van der Waals surface area contributed by atoms with Gasteiger partial charge in [0.15, 0.2) is 5.69 Å². The van der Waals surface area contributed by atoms with Gasteiger partial charge in [-0.1, -0.05) is 12.1 Å². The molecular weight excluding hydrogens is 256 g/mol. The van der Waals surface area contributed by atoms with E-state index in [1.807, 2.05) is 6.26 Å². The number of amides is 1. The van der Waals surface area contributed by atoms with Crippen molar-refractivity contribution in [2.75, 3.05) is 12.8 Å². The highest BCUT2D eigenvalue weighted by atomic mass is 32.2. The first kappa shape index (κ1) is 14.5. The van der Waals surface area contributed by atoms with Crippen LogP contribution in [-0.4, -0.2) is 50.0 Å². The molecule has 1 unspecified atom stereocenters. The topological polar surface area (TPSA) is 97.1 Å². The van der Waals surface area contributed by atoms with Crippen LogP contribution in [0.3, 0.4) is 0 Å². The highest BCUT2D eigenvalue weighted by Crippen LogP contribution is 2.07. The summed E-state index contributed by atoms with van der Waals surface area (Å²) in [5, 5.41) is 18.9. The van der Waals surface area contributed by atoms with E-state index in [1.54, 1.807) is 11.8 Å². The third kappa shape index (κ3) is 4.74. The summed E-state index contributed by atoms with van der Waals surface area (Å²) in [6.07, 6.45) is 4.15. The molecule has 0 bridgehead atoms. The average molecular weight is 272 g/mol. The van der Waals surface area contributed by atoms with Crippen molar-refractivity contribution in [1.82, 2.24) is 20.3 Å². The maximum atomic E-state index is 11.5. The highest BCUT2D eigenvalue weighted by Gasteiger charge is 2.10. The molecule has 100 valence electrons. The lowest BCUT2D eigenvalue weighted by Gasteiger charge is -2.08. The summed E-state index contributed by atoms with van der Waals surface area (Å²) in [6, 6.07) is 0. The average Bonchev–Trinajstić information content (AvgIpc) is 2.77. The van der Waals surface area contributed by atoms with Crippen molar-refractivity contribution in [1.29, 1.82) is 0 Å². The van der Waals surface area contributed by atoms with E-state index in [0.717, 1.165) is 6.42 Å². The minimum atomic E-state index is -1.16. The van der Waals surface area contributed by atoms with Gasteiger partial charge < -0.3 is 10.4 Å². The molecule has 8 heteroatoms. The Morgan fingerprint density at radius 2 is 2.33 bits per heavy atom. The summed E-state index contributed by atoms with van der Waals surface area (Å²) >= 11 is 1.74. The Morgan fingerprint density at radius 3 is 2.89 bits per heavy atom. The minimum absolute atomic E-state index is 0.0199. The molecule has 0 aliphatic carbocycles. The molecule has 1 atom stereocenters. The summed E-state index contributed by atoms with van der Waals surface area (Å²) in [6.45, 7) is 2.67. The lowest BCUT2D eigenvalue weighted by molar-refractivity contribution is -0.121. The molecule has 0 aliphatic heterocycles. The fourth-order valence-corrected chi connectivity index (χ4v) is 1.56. The molecule has 18 heavy (non-hydrogen) atoms. The van der Waals surface area contributed by atoms with Crippen LogP contribution in [0.1, 0.15) is 23.8 Å². The van der Waals surface area contributed by atoms with Gasteiger partial charge in [-0.2, -0.15) is 11.8 Å². The third-order valence-corrected chi connectivity index (χ3v) is 3.38. The largest absolute Gasteiger partial charge is 0.476 e. The number of hydrogen-bond acceptors (Lipinski definition) is 5. The monoisotopic (exact) mass is 272 g/mol. The molecule has 1 heterocycles. The van der Waals surface area contributed by atoms with E-state index in [-0.39, 0.29) is 18.1 Å². The van der Waals surface area contributed by atoms with Crippen LogP contribution in [0.25, 0.3) is 0 Å². The lowest BCUT2D eigenvalue weighted by Crippen LogP contribution is -2.29. The standard InChI is InChI=1S/C10H16N4O3S/c1-7(18-2)3-4-11-9(15)6-14-5-8(10(16)17)12-13-14/h5,7H,3-4,6H2,1-2H3,(H,11,15)(H,16,17). The first-order valence-corrected chi connectivity index (χ1v) is 6.74.